The number of nitrogen functional groups attached to an aromatic ring is 1. The molecule has 0 atom stereocenters. The molecule has 166 valence electrons. The van der Waals surface area contributed by atoms with E-state index >= 15 is 0 Å². The van der Waals surface area contributed by atoms with Gasteiger partial charge in [-0.1, -0.05) is 31.6 Å². The molecule has 7 nitrogen and oxygen atoms in total. The third-order valence-electron chi connectivity index (χ3n) is 6.26. The van der Waals surface area contributed by atoms with Gasteiger partial charge in [0.25, 0.3) is 0 Å². The zero-order chi connectivity index (χ0) is 21.8. The zero-order valence-electron chi connectivity index (χ0n) is 17.9. The van der Waals surface area contributed by atoms with Gasteiger partial charge in [0.2, 0.25) is 5.95 Å². The van der Waals surface area contributed by atoms with Crippen molar-refractivity contribution >= 4 is 23.1 Å². The quantitative estimate of drug-likeness (QED) is 0.526. The summed E-state index contributed by atoms with van der Waals surface area (Å²) in [6.07, 6.45) is 9.90. The van der Waals surface area contributed by atoms with Crippen LogP contribution in [0.3, 0.4) is 0 Å². The molecule has 4 rings (SSSR count). The first kappa shape index (κ1) is 21.4. The minimum absolute atomic E-state index is 0.199. The number of nitrogens with zero attached hydrogens (tertiary/aromatic N) is 3. The minimum Gasteiger partial charge on any atom is -0.394 e. The van der Waals surface area contributed by atoms with Gasteiger partial charge in [-0.25, -0.2) is 9.37 Å². The maximum absolute atomic E-state index is 14.2. The van der Waals surface area contributed by atoms with E-state index in [1.165, 1.54) is 6.07 Å². The fraction of sp³-hybridized carbons (Fsp3) is 0.478. The summed E-state index contributed by atoms with van der Waals surface area (Å²) >= 11 is 0. The van der Waals surface area contributed by atoms with Crippen LogP contribution in [0.15, 0.2) is 42.9 Å². The lowest BCUT2D eigenvalue weighted by molar-refractivity contribution is 0.410. The molecule has 2 aromatic rings. The van der Waals surface area contributed by atoms with Crippen molar-refractivity contribution in [1.29, 1.82) is 0 Å². The van der Waals surface area contributed by atoms with E-state index in [1.807, 2.05) is 4.90 Å². The molecule has 1 heterocycles. The van der Waals surface area contributed by atoms with Gasteiger partial charge in [-0.15, -0.1) is 0 Å². The molecule has 0 bridgehead atoms. The summed E-state index contributed by atoms with van der Waals surface area (Å²) in [5, 5.41) is 6.57. The Morgan fingerprint density at radius 1 is 1.10 bits per heavy atom. The molecule has 0 radical (unpaired) electrons. The first-order valence-electron chi connectivity index (χ1n) is 11.2. The van der Waals surface area contributed by atoms with Gasteiger partial charge in [-0.3, -0.25) is 0 Å². The van der Waals surface area contributed by atoms with Crippen molar-refractivity contribution in [3.05, 3.63) is 48.7 Å². The summed E-state index contributed by atoms with van der Waals surface area (Å²) in [4.78, 5) is 11.2. The van der Waals surface area contributed by atoms with Gasteiger partial charge in [0.15, 0.2) is 5.82 Å². The number of halogens is 1. The fourth-order valence-corrected chi connectivity index (χ4v) is 4.55. The third-order valence-corrected chi connectivity index (χ3v) is 6.26. The predicted octanol–water partition coefficient (Wildman–Crippen LogP) is 4.21. The molecular weight excluding hydrogens is 393 g/mol. The van der Waals surface area contributed by atoms with E-state index in [4.69, 9.17) is 16.5 Å². The molecule has 31 heavy (non-hydrogen) atoms. The van der Waals surface area contributed by atoms with Crippen LogP contribution in [0.2, 0.25) is 0 Å². The van der Waals surface area contributed by atoms with Crippen LogP contribution >= 0.6 is 0 Å². The van der Waals surface area contributed by atoms with Crippen LogP contribution in [-0.2, 0) is 0 Å². The van der Waals surface area contributed by atoms with Crippen LogP contribution in [0, 0.1) is 5.82 Å². The monoisotopic (exact) mass is 425 g/mol. The highest BCUT2D eigenvalue weighted by Gasteiger charge is 2.29. The normalized spacial score (nSPS) is 21.6. The maximum atomic E-state index is 14.2. The molecule has 2 aliphatic carbocycles. The molecule has 1 aromatic heterocycles. The summed E-state index contributed by atoms with van der Waals surface area (Å²) in [6.45, 7) is 4.21. The summed E-state index contributed by atoms with van der Waals surface area (Å²) in [5.41, 5.74) is 13.2. The molecule has 0 amide bonds. The van der Waals surface area contributed by atoms with E-state index in [2.05, 4.69) is 22.2 Å². The minimum atomic E-state index is -0.330. The fourth-order valence-electron chi connectivity index (χ4n) is 4.55. The van der Waals surface area contributed by atoms with Crippen molar-refractivity contribution in [2.45, 2.75) is 69.5 Å². The molecule has 0 spiro atoms. The Kier molecular flexibility index (Phi) is 6.56. The second-order valence-corrected chi connectivity index (χ2v) is 8.59. The molecule has 1 aromatic carbocycles. The van der Waals surface area contributed by atoms with Crippen molar-refractivity contribution in [2.75, 3.05) is 21.3 Å². The highest BCUT2D eigenvalue weighted by atomic mass is 19.1. The number of hydrogen-bond acceptors (Lipinski definition) is 7. The lowest BCUT2D eigenvalue weighted by atomic mass is 9.92. The number of rotatable bonds is 7. The van der Waals surface area contributed by atoms with Crippen LogP contribution < -0.4 is 27.0 Å². The van der Waals surface area contributed by atoms with Gasteiger partial charge in [0, 0.05) is 18.1 Å². The first-order chi connectivity index (χ1) is 15.0. The number of nitrogens with one attached hydrogen (secondary N) is 2. The van der Waals surface area contributed by atoms with Crippen LogP contribution in [0.5, 0.6) is 0 Å². The van der Waals surface area contributed by atoms with Crippen LogP contribution in [0.4, 0.5) is 27.5 Å². The van der Waals surface area contributed by atoms with Gasteiger partial charge in [0.1, 0.15) is 11.6 Å². The van der Waals surface area contributed by atoms with Gasteiger partial charge >= 0.3 is 0 Å². The highest BCUT2D eigenvalue weighted by molar-refractivity contribution is 5.68. The molecule has 2 saturated carbocycles. The molecule has 2 fully saturated rings. The van der Waals surface area contributed by atoms with Crippen LogP contribution in [-0.4, -0.2) is 28.1 Å². The number of hydrogen-bond donors (Lipinski definition) is 4. The predicted molar refractivity (Wildman–Crippen MR) is 124 cm³/mol. The average Bonchev–Trinajstić information content (AvgIpc) is 3.28. The largest absolute Gasteiger partial charge is 0.394 e. The Bertz CT molecular complexity index is 905. The summed E-state index contributed by atoms with van der Waals surface area (Å²) in [5.74, 6) is 1.37. The van der Waals surface area contributed by atoms with E-state index in [0.717, 1.165) is 51.4 Å². The number of nitrogens with two attached hydrogens (primary N) is 2. The highest BCUT2D eigenvalue weighted by Crippen LogP contribution is 2.34. The van der Waals surface area contributed by atoms with Gasteiger partial charge in [-0.2, -0.15) is 4.98 Å². The summed E-state index contributed by atoms with van der Waals surface area (Å²) < 4.78 is 14.2. The zero-order valence-corrected chi connectivity index (χ0v) is 17.9. The van der Waals surface area contributed by atoms with Crippen molar-refractivity contribution < 1.29 is 4.39 Å². The number of para-hydroxylation sites is 1. The van der Waals surface area contributed by atoms with E-state index in [1.54, 1.807) is 24.4 Å². The molecule has 0 unspecified atom stereocenters. The molecular formula is C23H32FN7. The Labute approximate surface area is 183 Å². The smallest absolute Gasteiger partial charge is 0.224 e. The summed E-state index contributed by atoms with van der Waals surface area (Å²) in [7, 11) is 0. The van der Waals surface area contributed by atoms with E-state index in [0.29, 0.717) is 35.0 Å². The van der Waals surface area contributed by atoms with Gasteiger partial charge < -0.3 is 27.0 Å². The lowest BCUT2D eigenvalue weighted by Gasteiger charge is -2.33. The van der Waals surface area contributed by atoms with Crippen molar-refractivity contribution in [2.24, 2.45) is 5.73 Å². The molecule has 8 heteroatoms. The molecule has 0 saturated heterocycles. The first-order valence-corrected chi connectivity index (χ1v) is 11.2. The SMILES string of the molecule is C=C(Nc1ccccc1F)N(c1nc(N[C@H]2CC[C@@H](N)CC2)ncc1N)C1CCCC1. The van der Waals surface area contributed by atoms with Crippen molar-refractivity contribution in [3.8, 4) is 0 Å². The Balaban J connectivity index is 1.58. The number of benzene rings is 1. The second kappa shape index (κ2) is 9.51. The van der Waals surface area contributed by atoms with E-state index in [9.17, 15) is 4.39 Å². The standard InChI is InChI=1S/C23H32FN7/c1-15(28-21-9-5-4-8-19(21)24)31(18-6-2-3-7-18)22-20(26)14-27-23(30-22)29-17-12-10-16(25)11-13-17/h4-5,8-9,14,16-18,28H,1-3,6-7,10-13,25-26H2,(H,27,29,30)/t16-,17+. The van der Waals surface area contributed by atoms with E-state index in [-0.39, 0.29) is 17.9 Å². The Morgan fingerprint density at radius 3 is 2.52 bits per heavy atom. The molecule has 2 aliphatic rings. The van der Waals surface area contributed by atoms with Crippen LogP contribution in [0.25, 0.3) is 0 Å². The number of aromatic nitrogens is 2. The third kappa shape index (κ3) is 5.07. The summed E-state index contributed by atoms with van der Waals surface area (Å²) in [6, 6.07) is 7.35. The van der Waals surface area contributed by atoms with E-state index < -0.39 is 0 Å². The van der Waals surface area contributed by atoms with Gasteiger partial charge in [-0.05, 0) is 50.7 Å². The van der Waals surface area contributed by atoms with Crippen molar-refractivity contribution in [1.82, 2.24) is 9.97 Å². The topological polar surface area (TPSA) is 105 Å². The maximum Gasteiger partial charge on any atom is 0.224 e. The Hall–Kier alpha value is -2.87. The second-order valence-electron chi connectivity index (χ2n) is 8.59. The van der Waals surface area contributed by atoms with Gasteiger partial charge in [0.05, 0.1) is 17.6 Å². The Morgan fingerprint density at radius 2 is 1.81 bits per heavy atom. The molecule has 0 aliphatic heterocycles. The molecule has 6 N–H and O–H groups in total. The van der Waals surface area contributed by atoms with Crippen molar-refractivity contribution in [3.63, 3.8) is 0 Å². The number of anilines is 4. The average molecular weight is 426 g/mol. The lowest BCUT2D eigenvalue weighted by Crippen LogP contribution is -2.37. The van der Waals surface area contributed by atoms with Crippen LogP contribution in [0.1, 0.15) is 51.4 Å².